The number of anilines is 2. The Morgan fingerprint density at radius 1 is 1.26 bits per heavy atom. The van der Waals surface area contributed by atoms with Gasteiger partial charge in [0, 0.05) is 32.9 Å². The molecule has 0 aliphatic rings. The molecule has 11 nitrogen and oxygen atoms in total. The van der Waals surface area contributed by atoms with Crippen molar-refractivity contribution in [1.82, 2.24) is 24.3 Å². The van der Waals surface area contributed by atoms with Crippen LogP contribution in [0.1, 0.15) is 55.4 Å². The summed E-state index contributed by atoms with van der Waals surface area (Å²) in [5, 5.41) is 5.04. The van der Waals surface area contributed by atoms with E-state index in [0.29, 0.717) is 28.8 Å². The Morgan fingerprint density at radius 2 is 1.94 bits per heavy atom. The molecule has 11 heteroatoms. The Hall–Kier alpha value is -3.47. The Kier molecular flexibility index (Phi) is 7.25. The van der Waals surface area contributed by atoms with E-state index < -0.39 is 17.2 Å². The highest BCUT2D eigenvalue weighted by Gasteiger charge is 2.29. The van der Waals surface area contributed by atoms with Gasteiger partial charge in [0.2, 0.25) is 0 Å². The number of carbonyl (C=O) groups excluding carboxylic acids is 1. The fraction of sp³-hybridized carbons (Fsp3) is 0.522. The number of nitrogens with one attached hydrogen (secondary N) is 1. The molecule has 0 atom stereocenters. The van der Waals surface area contributed by atoms with Gasteiger partial charge in [0.05, 0.1) is 23.3 Å². The highest BCUT2D eigenvalue weighted by Crippen LogP contribution is 2.28. The Morgan fingerprint density at radius 3 is 2.53 bits per heavy atom. The molecule has 0 radical (unpaired) electrons. The molecular weight excluding hydrogens is 438 g/mol. The lowest BCUT2D eigenvalue weighted by Gasteiger charge is -2.25. The summed E-state index contributed by atoms with van der Waals surface area (Å²) in [5.41, 5.74) is 7.19. The number of nitrogens with two attached hydrogens (primary N) is 1. The average Bonchev–Trinajstić information content (AvgIpc) is 3.05. The van der Waals surface area contributed by atoms with Crippen molar-refractivity contribution in [2.45, 2.75) is 47.1 Å². The van der Waals surface area contributed by atoms with E-state index in [2.05, 4.69) is 10.1 Å². The van der Waals surface area contributed by atoms with Crippen molar-refractivity contribution in [3.63, 3.8) is 0 Å². The number of methoxy groups -OCH3 is 1. The minimum atomic E-state index is -0.732. The van der Waals surface area contributed by atoms with E-state index in [0.717, 1.165) is 5.69 Å². The van der Waals surface area contributed by atoms with Crippen LogP contribution in [0.4, 0.5) is 11.5 Å². The van der Waals surface area contributed by atoms with Crippen LogP contribution in [0, 0.1) is 12.8 Å². The van der Waals surface area contributed by atoms with Gasteiger partial charge >= 0.3 is 5.69 Å². The number of H-pyrrole nitrogens is 1. The molecule has 0 saturated heterocycles. The van der Waals surface area contributed by atoms with Crippen LogP contribution < -0.4 is 21.9 Å². The Balaban J connectivity index is 2.29. The summed E-state index contributed by atoms with van der Waals surface area (Å²) >= 11 is 0. The SMILES string of the molecule is COCCN(C(=O)c1cc(C(C)C)nc2c1c(C)nn2C)c1c(N)n(CC(C)C)c(=O)[nH]c1=O. The van der Waals surface area contributed by atoms with E-state index >= 15 is 0 Å². The van der Waals surface area contributed by atoms with Crippen LogP contribution in [0.5, 0.6) is 0 Å². The van der Waals surface area contributed by atoms with Crippen LogP contribution in [-0.2, 0) is 18.3 Å². The van der Waals surface area contributed by atoms with Gasteiger partial charge in [0.1, 0.15) is 5.82 Å². The number of hydrogen-bond acceptors (Lipinski definition) is 7. The highest BCUT2D eigenvalue weighted by molar-refractivity contribution is 6.14. The van der Waals surface area contributed by atoms with Crippen molar-refractivity contribution in [2.75, 3.05) is 30.9 Å². The van der Waals surface area contributed by atoms with Gasteiger partial charge in [-0.05, 0) is 24.8 Å². The fourth-order valence-electron chi connectivity index (χ4n) is 3.96. The molecule has 3 N–H and O–H groups in total. The molecule has 184 valence electrons. The van der Waals surface area contributed by atoms with E-state index in [9.17, 15) is 14.4 Å². The number of aromatic nitrogens is 5. The van der Waals surface area contributed by atoms with Gasteiger partial charge < -0.3 is 10.5 Å². The predicted molar refractivity (Wildman–Crippen MR) is 131 cm³/mol. The lowest BCUT2D eigenvalue weighted by atomic mass is 10.0. The number of ether oxygens (including phenoxy) is 1. The molecule has 3 rings (SSSR count). The second-order valence-corrected chi connectivity index (χ2v) is 9.10. The molecule has 3 heterocycles. The monoisotopic (exact) mass is 471 g/mol. The standard InChI is InChI=1S/C23H33N7O4/c1-12(2)11-30-19(24)18(21(31)26-23(30)33)29(8-9-34-7)22(32)15-10-16(13(3)4)25-20-17(15)14(5)27-28(20)6/h10,12-13H,8-9,11,24H2,1-7H3,(H,26,31,33). The van der Waals surface area contributed by atoms with Crippen LogP contribution in [0.2, 0.25) is 0 Å². The van der Waals surface area contributed by atoms with Crippen LogP contribution >= 0.6 is 0 Å². The molecule has 34 heavy (non-hydrogen) atoms. The van der Waals surface area contributed by atoms with Crippen LogP contribution in [-0.4, -0.2) is 50.5 Å². The summed E-state index contributed by atoms with van der Waals surface area (Å²) in [6, 6.07) is 1.73. The van der Waals surface area contributed by atoms with E-state index in [4.69, 9.17) is 15.5 Å². The molecule has 0 fully saturated rings. The number of pyridine rings is 1. The van der Waals surface area contributed by atoms with Gasteiger partial charge in [-0.3, -0.25) is 28.7 Å². The van der Waals surface area contributed by atoms with Crippen molar-refractivity contribution >= 4 is 28.4 Å². The molecule has 3 aromatic rings. The summed E-state index contributed by atoms with van der Waals surface area (Å²) in [6.07, 6.45) is 0. The topological polar surface area (TPSA) is 141 Å². The molecule has 0 saturated carbocycles. The number of nitrogens with zero attached hydrogens (tertiary/aromatic N) is 5. The third-order valence-electron chi connectivity index (χ3n) is 5.61. The largest absolute Gasteiger partial charge is 0.383 e. The van der Waals surface area contributed by atoms with Crippen molar-refractivity contribution in [1.29, 1.82) is 0 Å². The van der Waals surface area contributed by atoms with E-state index in [1.807, 2.05) is 27.7 Å². The first kappa shape index (κ1) is 25.2. The van der Waals surface area contributed by atoms with Crippen molar-refractivity contribution < 1.29 is 9.53 Å². The minimum Gasteiger partial charge on any atom is -0.383 e. The van der Waals surface area contributed by atoms with Gasteiger partial charge in [-0.25, -0.2) is 9.78 Å². The maximum Gasteiger partial charge on any atom is 0.330 e. The van der Waals surface area contributed by atoms with Gasteiger partial charge in [0.15, 0.2) is 11.3 Å². The normalized spacial score (nSPS) is 11.7. The maximum absolute atomic E-state index is 14.0. The number of nitrogen functional groups attached to an aromatic ring is 1. The molecule has 0 aliphatic heterocycles. The first-order chi connectivity index (χ1) is 16.0. The lowest BCUT2D eigenvalue weighted by Crippen LogP contribution is -2.43. The Labute approximate surface area is 197 Å². The number of hydrogen-bond donors (Lipinski definition) is 2. The Bertz CT molecular complexity index is 1330. The van der Waals surface area contributed by atoms with Crippen molar-refractivity contribution in [3.8, 4) is 0 Å². The average molecular weight is 472 g/mol. The quantitative estimate of drug-likeness (QED) is 0.510. The number of carbonyl (C=O) groups is 1. The van der Waals surface area contributed by atoms with Crippen molar-refractivity contribution in [3.05, 3.63) is 43.9 Å². The zero-order valence-electron chi connectivity index (χ0n) is 20.8. The molecule has 0 spiro atoms. The molecule has 3 aromatic heterocycles. The summed E-state index contributed by atoms with van der Waals surface area (Å²) in [5.74, 6) is -0.369. The van der Waals surface area contributed by atoms with E-state index in [1.54, 1.807) is 24.7 Å². The van der Waals surface area contributed by atoms with Gasteiger partial charge in [-0.2, -0.15) is 5.10 Å². The molecule has 0 bridgehead atoms. The summed E-state index contributed by atoms with van der Waals surface area (Å²) < 4.78 is 8.13. The summed E-state index contributed by atoms with van der Waals surface area (Å²) in [7, 11) is 3.27. The first-order valence-electron chi connectivity index (χ1n) is 11.3. The molecule has 0 aromatic carbocycles. The second-order valence-electron chi connectivity index (χ2n) is 9.10. The zero-order chi connectivity index (χ0) is 25.3. The van der Waals surface area contributed by atoms with Crippen LogP contribution in [0.3, 0.4) is 0 Å². The number of fused-ring (bicyclic) bond motifs is 1. The number of amides is 1. The van der Waals surface area contributed by atoms with E-state index in [-0.39, 0.29) is 36.5 Å². The zero-order valence-corrected chi connectivity index (χ0v) is 20.8. The highest BCUT2D eigenvalue weighted by atomic mass is 16.5. The smallest absolute Gasteiger partial charge is 0.330 e. The van der Waals surface area contributed by atoms with Gasteiger partial charge in [0.25, 0.3) is 11.5 Å². The van der Waals surface area contributed by atoms with Crippen LogP contribution in [0.25, 0.3) is 11.0 Å². The predicted octanol–water partition coefficient (Wildman–Crippen LogP) is 1.78. The molecular formula is C23H33N7O4. The molecule has 0 unspecified atom stereocenters. The minimum absolute atomic E-state index is 0.0556. The summed E-state index contributed by atoms with van der Waals surface area (Å²) in [6.45, 7) is 10.1. The molecule has 1 amide bonds. The number of aryl methyl sites for hydroxylation is 2. The van der Waals surface area contributed by atoms with Crippen LogP contribution in [0.15, 0.2) is 15.7 Å². The summed E-state index contributed by atoms with van der Waals surface area (Å²) in [4.78, 5) is 47.7. The lowest BCUT2D eigenvalue weighted by molar-refractivity contribution is 0.0977. The third kappa shape index (κ3) is 4.60. The number of rotatable bonds is 8. The first-order valence-corrected chi connectivity index (χ1v) is 11.3. The second kappa shape index (κ2) is 9.80. The fourth-order valence-corrected chi connectivity index (χ4v) is 3.96. The molecule has 0 aliphatic carbocycles. The van der Waals surface area contributed by atoms with E-state index in [1.165, 1.54) is 16.6 Å². The van der Waals surface area contributed by atoms with Gasteiger partial charge in [-0.1, -0.05) is 27.7 Å². The third-order valence-corrected chi connectivity index (χ3v) is 5.61. The van der Waals surface area contributed by atoms with Crippen molar-refractivity contribution in [2.24, 2.45) is 13.0 Å². The maximum atomic E-state index is 14.0. The number of aromatic amines is 1. The van der Waals surface area contributed by atoms with Gasteiger partial charge in [-0.15, -0.1) is 0 Å².